The van der Waals surface area contributed by atoms with Gasteiger partial charge >= 0.3 is 0 Å². The fraction of sp³-hybridized carbons (Fsp3) is 0.143. The van der Waals surface area contributed by atoms with Crippen molar-refractivity contribution in [1.82, 2.24) is 9.97 Å². The number of benzene rings is 1. The number of pyridine rings is 2. The minimum absolute atomic E-state index is 0.705. The summed E-state index contributed by atoms with van der Waals surface area (Å²) >= 11 is 0. The third kappa shape index (κ3) is 4.30. The number of nitrogens with zero attached hydrogens (tertiary/aromatic N) is 2. The topological polar surface area (TPSA) is 37.8 Å². The molecule has 3 nitrogen and oxygen atoms in total. The summed E-state index contributed by atoms with van der Waals surface area (Å²) in [7, 11) is 0. The summed E-state index contributed by atoms with van der Waals surface area (Å²) in [6.07, 6.45) is 5.76. The first-order valence-electron chi connectivity index (χ1n) is 8.17. The average molecular weight is 351 g/mol. The molecule has 132 valence electrons. The van der Waals surface area contributed by atoms with Gasteiger partial charge in [-0.1, -0.05) is 30.9 Å². The zero-order chi connectivity index (χ0) is 18.7. The highest BCUT2D eigenvalue weighted by molar-refractivity contribution is 5.82. The van der Waals surface area contributed by atoms with E-state index in [1.165, 1.54) is 6.08 Å². The Balaban J connectivity index is 1.79. The van der Waals surface area contributed by atoms with Gasteiger partial charge in [-0.25, -0.2) is 8.78 Å². The monoisotopic (exact) mass is 351 g/mol. The van der Waals surface area contributed by atoms with Crippen LogP contribution in [0.15, 0.2) is 61.4 Å². The van der Waals surface area contributed by atoms with Crippen LogP contribution in [0, 0.1) is 6.92 Å². The Hall–Kier alpha value is -3.08. The number of hydrogen-bond donors (Lipinski definition) is 1. The largest absolute Gasteiger partial charge is 0.354 e. The first-order valence-corrected chi connectivity index (χ1v) is 8.17. The van der Waals surface area contributed by atoms with E-state index in [-0.39, 0.29) is 0 Å². The van der Waals surface area contributed by atoms with Crippen molar-refractivity contribution in [3.63, 3.8) is 0 Å². The summed E-state index contributed by atoms with van der Waals surface area (Å²) in [5.41, 5.74) is 5.68. The lowest BCUT2D eigenvalue weighted by molar-refractivity contribution is 0.0784. The average Bonchev–Trinajstić information content (AvgIpc) is 2.59. The number of hydrogen-bond acceptors (Lipinski definition) is 3. The summed E-state index contributed by atoms with van der Waals surface area (Å²) in [5.74, 6) is -2.82. The summed E-state index contributed by atoms with van der Waals surface area (Å²) in [6.45, 7) is 6.86. The smallest absolute Gasteiger partial charge is 0.264 e. The highest BCUT2D eigenvalue weighted by Gasteiger charge is 2.15. The molecule has 0 saturated heterocycles. The summed E-state index contributed by atoms with van der Waals surface area (Å²) in [4.78, 5) is 8.66. The van der Waals surface area contributed by atoms with Crippen LogP contribution in [0.3, 0.4) is 0 Å². The van der Waals surface area contributed by atoms with Gasteiger partial charge in [0.1, 0.15) is 0 Å². The molecule has 0 spiro atoms. The van der Waals surface area contributed by atoms with Crippen molar-refractivity contribution in [1.29, 1.82) is 0 Å². The van der Waals surface area contributed by atoms with Crippen LogP contribution in [-0.4, -0.2) is 15.9 Å². The van der Waals surface area contributed by atoms with E-state index in [0.29, 0.717) is 5.70 Å². The Morgan fingerprint density at radius 2 is 1.96 bits per heavy atom. The van der Waals surface area contributed by atoms with Gasteiger partial charge in [0.15, 0.2) is 0 Å². The summed E-state index contributed by atoms with van der Waals surface area (Å²) in [5, 5.41) is 3.23. The molecule has 0 radical (unpaired) electrons. The van der Waals surface area contributed by atoms with E-state index in [1.807, 2.05) is 37.3 Å². The fourth-order valence-corrected chi connectivity index (χ4v) is 2.63. The van der Waals surface area contributed by atoms with Crippen LogP contribution in [0.25, 0.3) is 22.8 Å². The molecule has 0 amide bonds. The highest BCUT2D eigenvalue weighted by atomic mass is 19.3. The first kappa shape index (κ1) is 17.7. The number of aromatic nitrogens is 2. The number of fused-ring (bicyclic) bond motifs is 1. The summed E-state index contributed by atoms with van der Waals surface area (Å²) in [6, 6.07) is 11.2. The predicted molar refractivity (Wildman–Crippen MR) is 103 cm³/mol. The molecule has 2 aromatic heterocycles. The Morgan fingerprint density at radius 3 is 2.69 bits per heavy atom. The van der Waals surface area contributed by atoms with E-state index in [9.17, 15) is 8.78 Å². The molecule has 0 fully saturated rings. The van der Waals surface area contributed by atoms with Crippen LogP contribution in [0.1, 0.15) is 23.6 Å². The second-order valence-corrected chi connectivity index (χ2v) is 6.23. The van der Waals surface area contributed by atoms with Crippen LogP contribution in [0.2, 0.25) is 0 Å². The molecule has 1 aromatic carbocycles. The molecule has 26 heavy (non-hydrogen) atoms. The Bertz CT molecular complexity index is 988. The number of halogens is 2. The van der Waals surface area contributed by atoms with E-state index in [2.05, 4.69) is 21.9 Å². The molecule has 0 atom stereocenters. The molecular formula is C21H19F2N3. The van der Waals surface area contributed by atoms with Gasteiger partial charge in [-0.15, -0.1) is 0 Å². The fourth-order valence-electron chi connectivity index (χ4n) is 2.63. The SMILES string of the molecule is C=C(Nc1cnc2cccnc2c1)c1ccc(/C=C/C(C)(F)F)cc1C. The molecule has 0 aliphatic rings. The van der Waals surface area contributed by atoms with Gasteiger partial charge in [-0.3, -0.25) is 9.97 Å². The Labute approximate surface area is 151 Å². The van der Waals surface area contributed by atoms with Crippen LogP contribution >= 0.6 is 0 Å². The zero-order valence-electron chi connectivity index (χ0n) is 14.6. The molecular weight excluding hydrogens is 332 g/mol. The third-order valence-corrected chi connectivity index (χ3v) is 3.89. The van der Waals surface area contributed by atoms with Gasteiger partial charge in [0.05, 0.1) is 22.9 Å². The van der Waals surface area contributed by atoms with Crippen molar-refractivity contribution in [3.05, 3.63) is 78.1 Å². The molecule has 0 saturated carbocycles. The minimum atomic E-state index is -2.82. The van der Waals surface area contributed by atoms with Gasteiger partial charge < -0.3 is 5.32 Å². The van der Waals surface area contributed by atoms with Crippen molar-refractivity contribution in [2.75, 3.05) is 5.32 Å². The molecule has 3 rings (SSSR count). The van der Waals surface area contributed by atoms with Crippen LogP contribution < -0.4 is 5.32 Å². The Morgan fingerprint density at radius 1 is 1.15 bits per heavy atom. The minimum Gasteiger partial charge on any atom is -0.354 e. The second-order valence-electron chi connectivity index (χ2n) is 6.23. The summed E-state index contributed by atoms with van der Waals surface area (Å²) < 4.78 is 25.9. The van der Waals surface area contributed by atoms with Crippen molar-refractivity contribution >= 4 is 28.5 Å². The molecule has 5 heteroatoms. The van der Waals surface area contributed by atoms with Crippen LogP contribution in [0.5, 0.6) is 0 Å². The molecule has 3 aromatic rings. The van der Waals surface area contributed by atoms with Gasteiger partial charge in [0.25, 0.3) is 5.92 Å². The van der Waals surface area contributed by atoms with Crippen molar-refractivity contribution < 1.29 is 8.78 Å². The zero-order valence-corrected chi connectivity index (χ0v) is 14.6. The van der Waals surface area contributed by atoms with E-state index in [0.717, 1.165) is 46.4 Å². The van der Waals surface area contributed by atoms with Crippen LogP contribution in [0.4, 0.5) is 14.5 Å². The standard InChI is InChI=1S/C21H19F2N3/c1-14-11-16(8-9-21(3,22)23)6-7-18(14)15(2)26-17-12-20-19(25-13-17)5-4-10-24-20/h4-13,26H,2H2,1,3H3/b9-8+. The lowest BCUT2D eigenvalue weighted by Gasteiger charge is -2.13. The van der Waals surface area contributed by atoms with Crippen LogP contribution in [-0.2, 0) is 0 Å². The number of allylic oxidation sites excluding steroid dienone is 1. The molecule has 0 bridgehead atoms. The number of rotatable bonds is 5. The number of aryl methyl sites for hydroxylation is 1. The van der Waals surface area contributed by atoms with E-state index in [4.69, 9.17) is 0 Å². The molecule has 0 aliphatic heterocycles. The van der Waals surface area contributed by atoms with Gasteiger partial charge in [-0.2, -0.15) is 0 Å². The normalized spacial score (nSPS) is 11.8. The van der Waals surface area contributed by atoms with Crippen molar-refractivity contribution in [2.24, 2.45) is 0 Å². The number of anilines is 1. The van der Waals surface area contributed by atoms with Gasteiger partial charge in [-0.05, 0) is 42.3 Å². The second kappa shape index (κ2) is 7.04. The lowest BCUT2D eigenvalue weighted by Crippen LogP contribution is -2.03. The molecule has 2 heterocycles. The van der Waals surface area contributed by atoms with E-state index >= 15 is 0 Å². The van der Waals surface area contributed by atoms with Gasteiger partial charge in [0.2, 0.25) is 0 Å². The number of nitrogens with one attached hydrogen (secondary N) is 1. The Kier molecular flexibility index (Phi) is 4.80. The van der Waals surface area contributed by atoms with E-state index in [1.54, 1.807) is 18.5 Å². The van der Waals surface area contributed by atoms with E-state index < -0.39 is 5.92 Å². The number of alkyl halides is 2. The molecule has 0 unspecified atom stereocenters. The van der Waals surface area contributed by atoms with Crippen molar-refractivity contribution in [2.45, 2.75) is 19.8 Å². The maximum atomic E-state index is 12.9. The van der Waals surface area contributed by atoms with Crippen molar-refractivity contribution in [3.8, 4) is 0 Å². The maximum Gasteiger partial charge on any atom is 0.264 e. The lowest BCUT2D eigenvalue weighted by atomic mass is 10.0. The predicted octanol–water partition coefficient (Wildman–Crippen LogP) is 5.69. The third-order valence-electron chi connectivity index (χ3n) is 3.89. The molecule has 1 N–H and O–H groups in total. The highest BCUT2D eigenvalue weighted by Crippen LogP contribution is 2.24. The quantitative estimate of drug-likeness (QED) is 0.642. The first-order chi connectivity index (χ1) is 12.3. The van der Waals surface area contributed by atoms with Gasteiger partial charge in [0, 0.05) is 24.4 Å². The molecule has 0 aliphatic carbocycles. The maximum absolute atomic E-state index is 12.9.